The van der Waals surface area contributed by atoms with Crippen LogP contribution in [0.3, 0.4) is 0 Å². The van der Waals surface area contributed by atoms with Crippen molar-refractivity contribution in [2.45, 2.75) is 37.5 Å². The second-order valence-corrected chi connectivity index (χ2v) is 9.63. The summed E-state index contributed by atoms with van der Waals surface area (Å²) >= 11 is 16.1. The van der Waals surface area contributed by atoms with E-state index in [0.29, 0.717) is 22.9 Å². The topological polar surface area (TPSA) is 118 Å². The van der Waals surface area contributed by atoms with Gasteiger partial charge in [-0.15, -0.1) is 0 Å². The molecule has 14 heteroatoms. The normalized spacial score (nSPS) is 14.1. The van der Waals surface area contributed by atoms with E-state index in [4.69, 9.17) is 44.9 Å². The third-order valence-electron chi connectivity index (χ3n) is 5.60. The first-order valence-corrected chi connectivity index (χ1v) is 12.6. The van der Waals surface area contributed by atoms with Gasteiger partial charge in [0.25, 0.3) is 0 Å². The number of aromatic nitrogens is 6. The third kappa shape index (κ3) is 8.09. The van der Waals surface area contributed by atoms with Gasteiger partial charge in [-0.05, 0) is 77.9 Å². The van der Waals surface area contributed by atoms with Crippen LogP contribution in [0.1, 0.15) is 48.6 Å². The molecule has 0 amide bonds. The van der Waals surface area contributed by atoms with Crippen LogP contribution in [0, 0.1) is 11.6 Å². The lowest BCUT2D eigenvalue weighted by Crippen LogP contribution is -2.30. The summed E-state index contributed by atoms with van der Waals surface area (Å²) in [5.41, 5.74) is 3.60. The minimum Gasteiger partial charge on any atom is -0.423 e. The van der Waals surface area contributed by atoms with Crippen molar-refractivity contribution in [3.63, 3.8) is 0 Å². The largest absolute Gasteiger partial charge is 0.490 e. The molecule has 6 rings (SSSR count). The zero-order valence-corrected chi connectivity index (χ0v) is 21.9. The molecule has 4 aromatic rings. The van der Waals surface area contributed by atoms with E-state index in [-0.39, 0.29) is 21.4 Å². The molecule has 2 saturated carbocycles. The van der Waals surface area contributed by atoms with Crippen LogP contribution in [0.5, 0.6) is 0 Å². The lowest BCUT2D eigenvalue weighted by Gasteiger charge is -2.04. The Labute approximate surface area is 232 Å². The van der Waals surface area contributed by atoms with E-state index in [2.05, 4.69) is 29.9 Å². The van der Waals surface area contributed by atoms with Gasteiger partial charge in [-0.25, -0.2) is 28.7 Å². The summed E-state index contributed by atoms with van der Waals surface area (Å²) in [6, 6.07) is 3.74. The van der Waals surface area contributed by atoms with Crippen molar-refractivity contribution in [1.82, 2.24) is 29.9 Å². The van der Waals surface area contributed by atoms with Crippen LogP contribution < -0.4 is 5.46 Å². The lowest BCUT2D eigenvalue weighted by molar-refractivity contribution is 0.425. The van der Waals surface area contributed by atoms with Gasteiger partial charge < -0.3 is 10.0 Å². The van der Waals surface area contributed by atoms with Crippen LogP contribution in [-0.4, -0.2) is 47.1 Å². The number of pyridine rings is 2. The Morgan fingerprint density at radius 1 is 0.711 bits per heavy atom. The minimum atomic E-state index is -1.39. The first-order valence-electron chi connectivity index (χ1n) is 11.5. The molecular formula is C24H20BCl3F2N6O2. The maximum absolute atomic E-state index is 13.6. The summed E-state index contributed by atoms with van der Waals surface area (Å²) in [7, 11) is -1.39. The summed E-state index contributed by atoms with van der Waals surface area (Å²) in [5, 5.41) is 17.5. The van der Waals surface area contributed by atoms with Crippen molar-refractivity contribution in [3.05, 3.63) is 87.8 Å². The molecule has 196 valence electrons. The number of hydrogen-bond donors (Lipinski definition) is 2. The van der Waals surface area contributed by atoms with Gasteiger partial charge in [-0.1, -0.05) is 17.7 Å². The molecule has 0 aromatic carbocycles. The monoisotopic (exact) mass is 578 g/mol. The Morgan fingerprint density at radius 3 is 1.82 bits per heavy atom. The Bertz CT molecular complexity index is 1400. The van der Waals surface area contributed by atoms with Crippen molar-refractivity contribution in [1.29, 1.82) is 0 Å². The zero-order chi connectivity index (χ0) is 27.2. The van der Waals surface area contributed by atoms with Crippen LogP contribution in [0.4, 0.5) is 8.78 Å². The lowest BCUT2D eigenvalue weighted by atomic mass is 9.81. The summed E-state index contributed by atoms with van der Waals surface area (Å²) in [5.74, 6) is 0.0317. The minimum absolute atomic E-state index is 0.0400. The molecule has 0 atom stereocenters. The van der Waals surface area contributed by atoms with Crippen LogP contribution in [0.2, 0.25) is 15.7 Å². The van der Waals surface area contributed by atoms with E-state index in [9.17, 15) is 8.78 Å². The molecule has 0 aliphatic heterocycles. The summed E-state index contributed by atoms with van der Waals surface area (Å²) < 4.78 is 25.8. The van der Waals surface area contributed by atoms with Gasteiger partial charge in [0, 0.05) is 35.8 Å². The fraction of sp³-hybridized carbons (Fsp3) is 0.250. The fourth-order valence-electron chi connectivity index (χ4n) is 3.36. The van der Waals surface area contributed by atoms with Crippen LogP contribution in [0.25, 0.3) is 11.3 Å². The van der Waals surface area contributed by atoms with E-state index in [0.717, 1.165) is 23.5 Å². The molecule has 4 aromatic heterocycles. The molecule has 0 bridgehead atoms. The molecule has 2 aliphatic carbocycles. The Kier molecular flexibility index (Phi) is 9.51. The second kappa shape index (κ2) is 12.8. The molecule has 2 N–H and O–H groups in total. The quantitative estimate of drug-likeness (QED) is 0.202. The van der Waals surface area contributed by atoms with Gasteiger partial charge in [0.15, 0.2) is 16.8 Å². The maximum Gasteiger partial charge on any atom is 0.490 e. The van der Waals surface area contributed by atoms with E-state index < -0.39 is 18.8 Å². The van der Waals surface area contributed by atoms with Crippen LogP contribution in [0.15, 0.2) is 49.3 Å². The first kappa shape index (κ1) is 28.2. The van der Waals surface area contributed by atoms with Gasteiger partial charge in [0.05, 0.1) is 12.4 Å². The van der Waals surface area contributed by atoms with Crippen molar-refractivity contribution < 1.29 is 18.8 Å². The molecule has 2 aliphatic rings. The highest BCUT2D eigenvalue weighted by atomic mass is 35.5. The molecular weight excluding hydrogens is 559 g/mol. The van der Waals surface area contributed by atoms with Gasteiger partial charge in [0.1, 0.15) is 5.69 Å². The van der Waals surface area contributed by atoms with Crippen LogP contribution in [-0.2, 0) is 0 Å². The molecule has 0 spiro atoms. The average Bonchev–Trinajstić information content (AvgIpc) is 3.82. The van der Waals surface area contributed by atoms with Crippen molar-refractivity contribution in [2.75, 3.05) is 0 Å². The summed E-state index contributed by atoms with van der Waals surface area (Å²) in [6.45, 7) is 0. The maximum atomic E-state index is 13.6. The van der Waals surface area contributed by atoms with Gasteiger partial charge in [-0.2, -0.15) is 0 Å². The van der Waals surface area contributed by atoms with E-state index in [1.54, 1.807) is 12.4 Å². The van der Waals surface area contributed by atoms with Crippen molar-refractivity contribution in [3.8, 4) is 11.3 Å². The SMILES string of the molecule is Fc1cnc(Cl)nc1-c1cncc(C2CC2)c1.Fc1cnc(Cl)nc1Cl.OB(O)c1cncc(C2CC2)c1. The summed E-state index contributed by atoms with van der Waals surface area (Å²) in [4.78, 5) is 22.2. The Balaban J connectivity index is 0.000000141. The van der Waals surface area contributed by atoms with Crippen molar-refractivity contribution >= 4 is 47.4 Å². The molecule has 0 saturated heterocycles. The fourth-order valence-corrected chi connectivity index (χ4v) is 3.80. The third-order valence-corrected chi connectivity index (χ3v) is 6.22. The van der Waals surface area contributed by atoms with Crippen LogP contribution >= 0.6 is 34.8 Å². The average molecular weight is 580 g/mol. The highest BCUT2D eigenvalue weighted by Gasteiger charge is 2.25. The number of hydrogen-bond acceptors (Lipinski definition) is 8. The molecule has 8 nitrogen and oxygen atoms in total. The molecule has 2 fully saturated rings. The number of nitrogens with zero attached hydrogens (tertiary/aromatic N) is 6. The highest BCUT2D eigenvalue weighted by molar-refractivity contribution is 6.58. The molecule has 0 unspecified atom stereocenters. The predicted octanol–water partition coefficient (Wildman–Crippen LogP) is 4.77. The van der Waals surface area contributed by atoms with E-state index in [1.807, 2.05) is 18.3 Å². The predicted molar refractivity (Wildman–Crippen MR) is 140 cm³/mol. The first-order chi connectivity index (χ1) is 18.2. The number of halogens is 5. The van der Waals surface area contributed by atoms with Gasteiger partial charge in [0.2, 0.25) is 10.6 Å². The molecule has 38 heavy (non-hydrogen) atoms. The smallest absolute Gasteiger partial charge is 0.423 e. The Hall–Kier alpha value is -2.83. The molecule has 0 radical (unpaired) electrons. The number of rotatable bonds is 4. The highest BCUT2D eigenvalue weighted by Crippen LogP contribution is 2.41. The van der Waals surface area contributed by atoms with E-state index in [1.165, 1.54) is 31.9 Å². The van der Waals surface area contributed by atoms with E-state index >= 15 is 0 Å². The zero-order valence-electron chi connectivity index (χ0n) is 19.6. The standard InChI is InChI=1S/C12H9ClFN3.C8H10BNO2.C4HCl2FN2/c13-12-16-6-10(14)11(17-12)9-3-8(4-15-5-9)7-1-2-7;11-9(12)8-3-7(4-10-5-8)6-1-2-6;5-3-2(7)1-8-4(6)9-3/h3-7H,1-2H2;3-6,11-12H,1-2H2;1H. The van der Waals surface area contributed by atoms with Crippen molar-refractivity contribution in [2.24, 2.45) is 0 Å². The molecule has 4 heterocycles. The Morgan fingerprint density at radius 2 is 1.26 bits per heavy atom. The second-order valence-electron chi connectivity index (χ2n) is 8.59. The van der Waals surface area contributed by atoms with Gasteiger partial charge in [-0.3, -0.25) is 9.97 Å². The summed E-state index contributed by atoms with van der Waals surface area (Å²) in [6.07, 6.45) is 13.4. The van der Waals surface area contributed by atoms with Gasteiger partial charge >= 0.3 is 7.12 Å².